The Labute approximate surface area is 184 Å². The summed E-state index contributed by atoms with van der Waals surface area (Å²) in [5.41, 5.74) is 2.73. The van der Waals surface area contributed by atoms with Gasteiger partial charge < -0.3 is 10.1 Å². The molecule has 3 nitrogen and oxygen atoms in total. The third-order valence-electron chi connectivity index (χ3n) is 5.16. The molecule has 0 aliphatic rings. The summed E-state index contributed by atoms with van der Waals surface area (Å²) in [6.07, 6.45) is 0.353. The Bertz CT molecular complexity index is 1150. The lowest BCUT2D eigenvalue weighted by atomic mass is 9.96. The Morgan fingerprint density at radius 2 is 1.60 bits per heavy atom. The molecule has 150 valence electrons. The minimum absolute atomic E-state index is 0.106. The molecule has 0 heterocycles. The van der Waals surface area contributed by atoms with Gasteiger partial charge in [0.2, 0.25) is 0 Å². The molecule has 4 heteroatoms. The van der Waals surface area contributed by atoms with Gasteiger partial charge in [-0.3, -0.25) is 4.79 Å². The molecular formula is C26H22BrNO2. The van der Waals surface area contributed by atoms with E-state index in [9.17, 15) is 4.79 Å². The van der Waals surface area contributed by atoms with E-state index < -0.39 is 0 Å². The molecule has 0 radical (unpaired) electrons. The third kappa shape index (κ3) is 4.71. The fourth-order valence-electron chi connectivity index (χ4n) is 3.50. The topological polar surface area (TPSA) is 38.3 Å². The highest BCUT2D eigenvalue weighted by Crippen LogP contribution is 2.27. The number of carbonyl (C=O) groups excluding carboxylic acids is 1. The molecule has 30 heavy (non-hydrogen) atoms. The summed E-state index contributed by atoms with van der Waals surface area (Å²) in [4.78, 5) is 13.2. The highest BCUT2D eigenvalue weighted by atomic mass is 79.9. The fraction of sp³-hybridized carbons (Fsp3) is 0.115. The van der Waals surface area contributed by atoms with Crippen LogP contribution in [0.2, 0.25) is 0 Å². The number of anilines is 1. The summed E-state index contributed by atoms with van der Waals surface area (Å²) < 4.78 is 6.25. The molecule has 1 unspecified atom stereocenters. The van der Waals surface area contributed by atoms with Crippen LogP contribution in [-0.2, 0) is 0 Å². The van der Waals surface area contributed by atoms with E-state index in [1.807, 2.05) is 84.9 Å². The first-order valence-corrected chi connectivity index (χ1v) is 10.6. The van der Waals surface area contributed by atoms with Crippen LogP contribution in [0.15, 0.2) is 95.5 Å². The molecule has 4 rings (SSSR count). The zero-order valence-electron chi connectivity index (χ0n) is 16.6. The van der Waals surface area contributed by atoms with Gasteiger partial charge in [-0.1, -0.05) is 64.5 Å². The predicted octanol–water partition coefficient (Wildman–Crippen LogP) is 7.04. The van der Waals surface area contributed by atoms with E-state index in [1.54, 1.807) is 7.11 Å². The summed E-state index contributed by atoms with van der Waals surface area (Å²) >= 11 is 3.49. The standard InChI is InChI=1S/C26H22BrNO2/c1-30-24-14-12-23(13-15-24)28-25(19-8-10-22(27)11-9-19)17-26(29)21-7-6-18-4-2-3-5-20(18)16-21/h2-16,25,28H,17H2,1H3. The van der Waals surface area contributed by atoms with Gasteiger partial charge in [0.15, 0.2) is 5.78 Å². The smallest absolute Gasteiger partial charge is 0.165 e. The van der Waals surface area contributed by atoms with Gasteiger partial charge >= 0.3 is 0 Å². The van der Waals surface area contributed by atoms with Crippen LogP contribution in [-0.4, -0.2) is 12.9 Å². The molecule has 0 aliphatic heterocycles. The van der Waals surface area contributed by atoms with Crippen molar-refractivity contribution in [3.63, 3.8) is 0 Å². The highest BCUT2D eigenvalue weighted by Gasteiger charge is 2.18. The van der Waals surface area contributed by atoms with Crippen LogP contribution in [0.5, 0.6) is 5.75 Å². The van der Waals surface area contributed by atoms with Crippen LogP contribution in [0.1, 0.15) is 28.4 Å². The Kier molecular flexibility index (Phi) is 6.15. The second-order valence-electron chi connectivity index (χ2n) is 7.17. The van der Waals surface area contributed by atoms with E-state index in [0.717, 1.165) is 37.8 Å². The maximum absolute atomic E-state index is 13.2. The molecule has 0 aliphatic carbocycles. The molecule has 4 aromatic rings. The van der Waals surface area contributed by atoms with Gasteiger partial charge in [0.25, 0.3) is 0 Å². The molecule has 0 fully saturated rings. The van der Waals surface area contributed by atoms with Crippen LogP contribution >= 0.6 is 15.9 Å². The van der Waals surface area contributed by atoms with Gasteiger partial charge in [-0.05, 0) is 58.8 Å². The van der Waals surface area contributed by atoms with Crippen molar-refractivity contribution in [3.8, 4) is 5.75 Å². The Balaban J connectivity index is 1.60. The number of methoxy groups -OCH3 is 1. The third-order valence-corrected chi connectivity index (χ3v) is 5.69. The van der Waals surface area contributed by atoms with E-state index in [-0.39, 0.29) is 11.8 Å². The number of Topliss-reactive ketones (excluding diaryl/α,β-unsaturated/α-hetero) is 1. The van der Waals surface area contributed by atoms with Crippen molar-refractivity contribution in [1.82, 2.24) is 0 Å². The number of hydrogen-bond donors (Lipinski definition) is 1. The lowest BCUT2D eigenvalue weighted by Crippen LogP contribution is -2.16. The largest absolute Gasteiger partial charge is 0.497 e. The Hall–Kier alpha value is -3.11. The maximum atomic E-state index is 13.2. The van der Waals surface area contributed by atoms with Gasteiger partial charge in [-0.2, -0.15) is 0 Å². The zero-order valence-corrected chi connectivity index (χ0v) is 18.2. The number of ketones is 1. The number of halogens is 1. The minimum Gasteiger partial charge on any atom is -0.497 e. The first-order valence-electron chi connectivity index (χ1n) is 9.80. The summed E-state index contributed by atoms with van der Waals surface area (Å²) in [5.74, 6) is 0.905. The first kappa shape index (κ1) is 20.2. The monoisotopic (exact) mass is 459 g/mol. The molecule has 0 spiro atoms. The van der Waals surface area contributed by atoms with Gasteiger partial charge in [0.1, 0.15) is 5.75 Å². The van der Waals surface area contributed by atoms with E-state index in [0.29, 0.717) is 6.42 Å². The van der Waals surface area contributed by atoms with Gasteiger partial charge in [0, 0.05) is 22.1 Å². The quantitative estimate of drug-likeness (QED) is 0.301. The van der Waals surface area contributed by atoms with Gasteiger partial charge in [-0.15, -0.1) is 0 Å². The molecule has 1 atom stereocenters. The van der Waals surface area contributed by atoms with Gasteiger partial charge in [-0.25, -0.2) is 0 Å². The van der Waals surface area contributed by atoms with Crippen LogP contribution in [0, 0.1) is 0 Å². The van der Waals surface area contributed by atoms with Crippen LogP contribution < -0.4 is 10.1 Å². The Morgan fingerprint density at radius 3 is 2.30 bits per heavy atom. The molecule has 0 saturated heterocycles. The lowest BCUT2D eigenvalue weighted by molar-refractivity contribution is 0.0976. The van der Waals surface area contributed by atoms with E-state index in [1.165, 1.54) is 0 Å². The van der Waals surface area contributed by atoms with Crippen molar-refractivity contribution in [2.75, 3.05) is 12.4 Å². The first-order chi connectivity index (χ1) is 14.6. The zero-order chi connectivity index (χ0) is 20.9. The highest BCUT2D eigenvalue weighted by molar-refractivity contribution is 9.10. The summed E-state index contributed by atoms with van der Waals surface area (Å²) in [6, 6.07) is 29.7. The van der Waals surface area contributed by atoms with Crippen molar-refractivity contribution >= 4 is 38.2 Å². The maximum Gasteiger partial charge on any atom is 0.165 e. The molecule has 0 saturated carbocycles. The molecular weight excluding hydrogens is 438 g/mol. The number of rotatable bonds is 7. The summed E-state index contributed by atoms with van der Waals surface area (Å²) in [7, 11) is 1.65. The summed E-state index contributed by atoms with van der Waals surface area (Å²) in [5, 5.41) is 5.72. The van der Waals surface area contributed by atoms with Crippen molar-refractivity contribution in [1.29, 1.82) is 0 Å². The minimum atomic E-state index is -0.148. The number of ether oxygens (including phenoxy) is 1. The molecule has 0 bridgehead atoms. The molecule has 1 N–H and O–H groups in total. The average molecular weight is 460 g/mol. The van der Waals surface area contributed by atoms with E-state index >= 15 is 0 Å². The van der Waals surface area contributed by atoms with Crippen molar-refractivity contribution in [2.45, 2.75) is 12.5 Å². The van der Waals surface area contributed by atoms with Crippen LogP contribution in [0.4, 0.5) is 5.69 Å². The average Bonchev–Trinajstić information content (AvgIpc) is 2.79. The fourth-order valence-corrected chi connectivity index (χ4v) is 3.77. The van der Waals surface area contributed by atoms with Crippen molar-refractivity contribution < 1.29 is 9.53 Å². The molecule has 0 aromatic heterocycles. The second kappa shape index (κ2) is 9.14. The second-order valence-corrected chi connectivity index (χ2v) is 8.08. The molecule has 4 aromatic carbocycles. The van der Waals surface area contributed by atoms with Crippen molar-refractivity contribution in [2.24, 2.45) is 0 Å². The van der Waals surface area contributed by atoms with Crippen LogP contribution in [0.3, 0.4) is 0 Å². The lowest BCUT2D eigenvalue weighted by Gasteiger charge is -2.20. The number of fused-ring (bicyclic) bond motifs is 1. The van der Waals surface area contributed by atoms with Gasteiger partial charge in [0.05, 0.1) is 13.2 Å². The normalized spacial score (nSPS) is 11.8. The number of benzene rings is 4. The SMILES string of the molecule is COc1ccc(NC(CC(=O)c2ccc3ccccc3c2)c2ccc(Br)cc2)cc1. The number of carbonyl (C=O) groups is 1. The van der Waals surface area contributed by atoms with E-state index in [2.05, 4.69) is 27.3 Å². The number of nitrogens with one attached hydrogen (secondary N) is 1. The number of hydrogen-bond acceptors (Lipinski definition) is 3. The molecule has 0 amide bonds. The predicted molar refractivity (Wildman–Crippen MR) is 126 cm³/mol. The van der Waals surface area contributed by atoms with E-state index in [4.69, 9.17) is 4.74 Å². The van der Waals surface area contributed by atoms with Crippen molar-refractivity contribution in [3.05, 3.63) is 107 Å². The van der Waals surface area contributed by atoms with Crippen LogP contribution in [0.25, 0.3) is 10.8 Å². The Morgan fingerprint density at radius 1 is 0.900 bits per heavy atom. The summed E-state index contributed by atoms with van der Waals surface area (Å²) in [6.45, 7) is 0.